The van der Waals surface area contributed by atoms with E-state index in [1.54, 1.807) is 35.9 Å². The van der Waals surface area contributed by atoms with Gasteiger partial charge in [-0.1, -0.05) is 29.8 Å². The summed E-state index contributed by atoms with van der Waals surface area (Å²) in [4.78, 5) is 15.4. The molecule has 3 heterocycles. The van der Waals surface area contributed by atoms with Crippen molar-refractivity contribution < 1.29 is 18.3 Å². The molecule has 5 rings (SSSR count). The fourth-order valence-corrected chi connectivity index (χ4v) is 5.14. The highest BCUT2D eigenvalue weighted by molar-refractivity contribution is 6.36. The van der Waals surface area contributed by atoms with Crippen molar-refractivity contribution in [3.8, 4) is 16.9 Å². The van der Waals surface area contributed by atoms with Crippen LogP contribution in [-0.2, 0) is 11.8 Å². The summed E-state index contributed by atoms with van der Waals surface area (Å²) in [5.74, 6) is -1.38. The number of likely N-dealkylation sites (tertiary alicyclic amines) is 1. The Labute approximate surface area is 229 Å². The highest BCUT2D eigenvalue weighted by Gasteiger charge is 2.35. The summed E-state index contributed by atoms with van der Waals surface area (Å²) in [6.07, 6.45) is 3.42. The van der Waals surface area contributed by atoms with Gasteiger partial charge in [0.25, 0.3) is 0 Å². The summed E-state index contributed by atoms with van der Waals surface area (Å²) >= 11 is 6.76. The van der Waals surface area contributed by atoms with Crippen molar-refractivity contribution in [3.05, 3.63) is 83.1 Å². The fourth-order valence-electron chi connectivity index (χ4n) is 4.86. The molecule has 2 N–H and O–H groups in total. The molecular formula is C27H28ClF2N7O2. The average Bonchev–Trinajstić information content (AvgIpc) is 3.60. The Morgan fingerprint density at radius 3 is 2.56 bits per heavy atom. The van der Waals surface area contributed by atoms with E-state index in [-0.39, 0.29) is 16.8 Å². The van der Waals surface area contributed by atoms with Crippen molar-refractivity contribution in [2.75, 3.05) is 38.7 Å². The number of rotatable bonds is 8. The van der Waals surface area contributed by atoms with Crippen LogP contribution >= 0.6 is 11.6 Å². The van der Waals surface area contributed by atoms with Crippen LogP contribution < -0.4 is 10.6 Å². The van der Waals surface area contributed by atoms with E-state index in [2.05, 4.69) is 25.7 Å². The Morgan fingerprint density at radius 1 is 1.15 bits per heavy atom. The van der Waals surface area contributed by atoms with Gasteiger partial charge in [-0.2, -0.15) is 10.2 Å². The molecule has 39 heavy (non-hydrogen) atoms. The smallest absolute Gasteiger partial charge is 0.320 e. The maximum absolute atomic E-state index is 14.0. The molecule has 4 aromatic rings. The normalized spacial score (nSPS) is 17.5. The number of urea groups is 1. The molecule has 0 bridgehead atoms. The van der Waals surface area contributed by atoms with Crippen LogP contribution in [0.2, 0.25) is 5.02 Å². The van der Waals surface area contributed by atoms with E-state index in [1.807, 2.05) is 30.3 Å². The largest absolute Gasteiger partial charge is 0.383 e. The molecule has 2 atom stereocenters. The first-order valence-electron chi connectivity index (χ1n) is 12.4. The van der Waals surface area contributed by atoms with Crippen LogP contribution in [0.25, 0.3) is 16.9 Å². The van der Waals surface area contributed by atoms with Crippen molar-refractivity contribution in [1.29, 1.82) is 0 Å². The quantitative estimate of drug-likeness (QED) is 0.335. The fraction of sp³-hybridized carbons (Fsp3) is 0.296. The van der Waals surface area contributed by atoms with Crippen LogP contribution in [0.5, 0.6) is 0 Å². The molecule has 12 heteroatoms. The lowest BCUT2D eigenvalue weighted by Gasteiger charge is -2.21. The number of para-hydroxylation sites is 1. The number of ether oxygens (including phenoxy) is 1. The Morgan fingerprint density at radius 2 is 1.90 bits per heavy atom. The lowest BCUT2D eigenvalue weighted by atomic mass is 9.94. The number of hydrogen-bond acceptors (Lipinski definition) is 5. The maximum Gasteiger partial charge on any atom is 0.320 e. The zero-order chi connectivity index (χ0) is 27.5. The second-order valence-corrected chi connectivity index (χ2v) is 9.81. The third-order valence-electron chi connectivity index (χ3n) is 6.68. The highest BCUT2D eigenvalue weighted by atomic mass is 35.5. The summed E-state index contributed by atoms with van der Waals surface area (Å²) in [6, 6.07) is 11.8. The number of aryl methyl sites for hydroxylation is 1. The second kappa shape index (κ2) is 11.5. The lowest BCUT2D eigenvalue weighted by Crippen LogP contribution is -2.42. The summed E-state index contributed by atoms with van der Waals surface area (Å²) in [5.41, 5.74) is 2.33. The number of anilines is 1. The van der Waals surface area contributed by atoms with Crippen LogP contribution in [0.4, 0.5) is 19.4 Å². The highest BCUT2D eigenvalue weighted by Crippen LogP contribution is 2.35. The van der Waals surface area contributed by atoms with E-state index in [9.17, 15) is 13.6 Å². The number of nitrogens with zero attached hydrogens (tertiary/aromatic N) is 5. The zero-order valence-corrected chi connectivity index (χ0v) is 22.2. The Kier molecular flexibility index (Phi) is 7.92. The van der Waals surface area contributed by atoms with E-state index in [1.165, 1.54) is 12.1 Å². The lowest BCUT2D eigenvalue weighted by molar-refractivity contribution is 0.159. The van der Waals surface area contributed by atoms with Crippen LogP contribution in [0.3, 0.4) is 0 Å². The molecule has 9 nitrogen and oxygen atoms in total. The van der Waals surface area contributed by atoms with Crippen molar-refractivity contribution in [2.24, 2.45) is 7.05 Å². The van der Waals surface area contributed by atoms with Gasteiger partial charge in [0.05, 0.1) is 24.5 Å². The molecule has 0 aliphatic carbocycles. The van der Waals surface area contributed by atoms with E-state index >= 15 is 0 Å². The van der Waals surface area contributed by atoms with Gasteiger partial charge >= 0.3 is 6.03 Å². The number of methoxy groups -OCH3 is 1. The van der Waals surface area contributed by atoms with E-state index < -0.39 is 23.7 Å². The number of halogens is 3. The van der Waals surface area contributed by atoms with Gasteiger partial charge in [0, 0.05) is 57.5 Å². The van der Waals surface area contributed by atoms with Crippen molar-refractivity contribution in [1.82, 2.24) is 29.8 Å². The van der Waals surface area contributed by atoms with Crippen molar-refractivity contribution in [3.63, 3.8) is 0 Å². The number of benzene rings is 2. The molecular weight excluding hydrogens is 528 g/mol. The molecule has 2 amide bonds. The minimum absolute atomic E-state index is 0.249. The summed E-state index contributed by atoms with van der Waals surface area (Å²) < 4.78 is 36.5. The number of carbonyl (C=O) groups excluding carboxylic acids is 1. The minimum atomic E-state index is -0.662. The summed E-state index contributed by atoms with van der Waals surface area (Å²) in [6.45, 7) is 2.09. The van der Waals surface area contributed by atoms with E-state index in [4.69, 9.17) is 16.3 Å². The first-order valence-corrected chi connectivity index (χ1v) is 12.8. The molecule has 204 valence electrons. The predicted octanol–water partition coefficient (Wildman–Crippen LogP) is 4.44. The Bertz CT molecular complexity index is 1440. The van der Waals surface area contributed by atoms with Crippen molar-refractivity contribution in [2.45, 2.75) is 12.0 Å². The topological polar surface area (TPSA) is 89.2 Å². The minimum Gasteiger partial charge on any atom is -0.383 e. The van der Waals surface area contributed by atoms with Gasteiger partial charge in [0.15, 0.2) is 5.82 Å². The zero-order valence-electron chi connectivity index (χ0n) is 21.4. The van der Waals surface area contributed by atoms with Gasteiger partial charge in [-0.3, -0.25) is 14.9 Å². The summed E-state index contributed by atoms with van der Waals surface area (Å²) in [5, 5.41) is 14.9. The third kappa shape index (κ3) is 5.95. The van der Waals surface area contributed by atoms with Gasteiger partial charge in [-0.25, -0.2) is 18.3 Å². The molecule has 1 aliphatic heterocycles. The van der Waals surface area contributed by atoms with Gasteiger partial charge < -0.3 is 10.1 Å². The Hall–Kier alpha value is -3.80. The van der Waals surface area contributed by atoms with Gasteiger partial charge in [-0.15, -0.1) is 0 Å². The van der Waals surface area contributed by atoms with Gasteiger partial charge in [0.2, 0.25) is 0 Å². The van der Waals surface area contributed by atoms with Crippen LogP contribution in [0.1, 0.15) is 11.5 Å². The average molecular weight is 556 g/mol. The molecule has 0 spiro atoms. The molecule has 1 saturated heterocycles. The SMILES string of the molecule is COCCN1C[C@@H](NC(=O)Nc2c(Cl)c(-c3cnn(C)c3)nn2-c2ccccc2)[C@H](c2cc(F)cc(F)c2)C1. The molecule has 2 aromatic carbocycles. The van der Waals surface area contributed by atoms with Crippen LogP contribution in [0, 0.1) is 11.6 Å². The first kappa shape index (κ1) is 26.8. The number of nitrogens with one attached hydrogen (secondary N) is 2. The van der Waals surface area contributed by atoms with Gasteiger partial charge in [-0.05, 0) is 29.8 Å². The van der Waals surface area contributed by atoms with Crippen LogP contribution in [0.15, 0.2) is 60.9 Å². The van der Waals surface area contributed by atoms with Crippen LogP contribution in [-0.4, -0.2) is 69.9 Å². The monoisotopic (exact) mass is 555 g/mol. The molecule has 0 radical (unpaired) electrons. The molecule has 1 fully saturated rings. The number of hydrogen-bond donors (Lipinski definition) is 2. The first-order chi connectivity index (χ1) is 18.8. The molecule has 0 saturated carbocycles. The Balaban J connectivity index is 1.42. The summed E-state index contributed by atoms with van der Waals surface area (Å²) in [7, 11) is 3.40. The third-order valence-corrected chi connectivity index (χ3v) is 7.03. The maximum atomic E-state index is 14.0. The molecule has 1 aliphatic rings. The van der Waals surface area contributed by atoms with Crippen molar-refractivity contribution >= 4 is 23.4 Å². The number of aromatic nitrogens is 4. The standard InChI is InChI=1S/C27H28ClF2N7O2/c1-35-14-18(13-31-35)25-24(28)26(37(34-25)21-6-4-3-5-7-21)33-27(38)32-23-16-36(8-9-39-2)15-22(23)17-10-19(29)12-20(30)11-17/h3-7,10-14,22-23H,8-9,15-16H2,1-2H3,(H2,32,33,38)/t22-,23+/m0/s1. The molecule has 2 aromatic heterocycles. The van der Waals surface area contributed by atoms with E-state index in [0.717, 1.165) is 6.07 Å². The molecule has 0 unspecified atom stereocenters. The van der Waals surface area contributed by atoms with E-state index in [0.29, 0.717) is 48.7 Å². The predicted molar refractivity (Wildman–Crippen MR) is 144 cm³/mol. The number of amides is 2. The number of carbonyl (C=O) groups is 1. The van der Waals surface area contributed by atoms with Gasteiger partial charge in [0.1, 0.15) is 22.4 Å². The second-order valence-electron chi connectivity index (χ2n) is 9.43.